The Morgan fingerprint density at radius 1 is 1.64 bits per heavy atom. The predicted molar refractivity (Wildman–Crippen MR) is 43.8 cm³/mol. The van der Waals surface area contributed by atoms with Gasteiger partial charge in [0.2, 0.25) is 0 Å². The van der Waals surface area contributed by atoms with Crippen LogP contribution >= 0.6 is 0 Å². The minimum atomic E-state index is -1.65. The van der Waals surface area contributed by atoms with Gasteiger partial charge in [-0.05, 0) is 18.6 Å². The molecule has 2 heteroatoms. The molecule has 2 nitrogen and oxygen atoms in total. The van der Waals surface area contributed by atoms with Gasteiger partial charge in [0.25, 0.3) is 0 Å². The lowest BCUT2D eigenvalue weighted by atomic mass is 9.98. The molecule has 0 heterocycles. The van der Waals surface area contributed by atoms with E-state index in [1.807, 2.05) is 6.92 Å². The lowest BCUT2D eigenvalue weighted by Crippen LogP contribution is -2.25. The molecule has 0 atom stereocenters. The van der Waals surface area contributed by atoms with Gasteiger partial charge in [0.1, 0.15) is 0 Å². The third-order valence-electron chi connectivity index (χ3n) is 1.65. The molecule has 11 heavy (non-hydrogen) atoms. The fourth-order valence-electron chi connectivity index (χ4n) is 0.936. The molecule has 0 aromatic carbocycles. The van der Waals surface area contributed by atoms with Crippen LogP contribution in [-0.4, -0.2) is 16.0 Å². The Morgan fingerprint density at radius 3 is 2.64 bits per heavy atom. The summed E-state index contributed by atoms with van der Waals surface area (Å²) < 4.78 is 0. The molecular weight excluding hydrogens is 140 g/mol. The molecule has 1 rings (SSSR count). The van der Waals surface area contributed by atoms with Gasteiger partial charge in [-0.25, -0.2) is 0 Å². The number of aliphatic hydroxyl groups is 2. The minimum Gasteiger partial charge on any atom is -0.362 e. The highest BCUT2D eigenvalue weighted by atomic mass is 16.5. The lowest BCUT2D eigenvalue weighted by molar-refractivity contribution is -0.115. The van der Waals surface area contributed by atoms with Gasteiger partial charge in [0.05, 0.1) is 0 Å². The van der Waals surface area contributed by atoms with Crippen LogP contribution in [0.2, 0.25) is 0 Å². The smallest absolute Gasteiger partial charge is 0.186 e. The Hall–Kier alpha value is -0.860. The van der Waals surface area contributed by atoms with Gasteiger partial charge in [-0.15, -0.1) is 0 Å². The van der Waals surface area contributed by atoms with Crippen LogP contribution in [0.5, 0.6) is 0 Å². The van der Waals surface area contributed by atoms with Crippen LogP contribution in [0.3, 0.4) is 0 Å². The molecule has 0 aliphatic heterocycles. The van der Waals surface area contributed by atoms with E-state index in [0.29, 0.717) is 0 Å². The summed E-state index contributed by atoms with van der Waals surface area (Å²) in [5.74, 6) is -1.65. The summed E-state index contributed by atoms with van der Waals surface area (Å²) in [4.78, 5) is 0. The van der Waals surface area contributed by atoms with Crippen LogP contribution in [0.1, 0.15) is 13.3 Å². The van der Waals surface area contributed by atoms with Crippen molar-refractivity contribution < 1.29 is 10.2 Å². The van der Waals surface area contributed by atoms with Crippen molar-refractivity contribution >= 4 is 0 Å². The van der Waals surface area contributed by atoms with E-state index in [-0.39, 0.29) is 6.42 Å². The molecule has 0 aromatic heterocycles. The number of allylic oxidation sites excluding steroid dienone is 3. The second-order valence-corrected chi connectivity index (χ2v) is 2.86. The topological polar surface area (TPSA) is 40.5 Å². The second kappa shape index (κ2) is 2.64. The second-order valence-electron chi connectivity index (χ2n) is 2.86. The van der Waals surface area contributed by atoms with E-state index in [2.05, 4.69) is 6.58 Å². The summed E-state index contributed by atoms with van der Waals surface area (Å²) in [6.45, 7) is 5.63. The Kier molecular flexibility index (Phi) is 1.98. The van der Waals surface area contributed by atoms with E-state index in [1.54, 1.807) is 12.2 Å². The molecule has 0 fully saturated rings. The first-order chi connectivity index (χ1) is 5.01. The molecule has 1 aliphatic rings. The van der Waals surface area contributed by atoms with Crippen LogP contribution in [0.4, 0.5) is 0 Å². The average molecular weight is 152 g/mol. The van der Waals surface area contributed by atoms with Gasteiger partial charge < -0.3 is 10.2 Å². The Balaban J connectivity index is 2.75. The summed E-state index contributed by atoms with van der Waals surface area (Å²) in [7, 11) is 0. The van der Waals surface area contributed by atoms with Crippen molar-refractivity contribution in [3.8, 4) is 0 Å². The normalized spacial score (nSPS) is 21.2. The first-order valence-electron chi connectivity index (χ1n) is 3.51. The molecule has 0 saturated carbocycles. The maximum atomic E-state index is 9.07. The first-order valence-corrected chi connectivity index (χ1v) is 3.51. The summed E-state index contributed by atoms with van der Waals surface area (Å²) in [6, 6.07) is 0. The van der Waals surface area contributed by atoms with Crippen LogP contribution in [0.15, 0.2) is 36.0 Å². The van der Waals surface area contributed by atoms with Crippen molar-refractivity contribution in [1.29, 1.82) is 0 Å². The summed E-state index contributed by atoms with van der Waals surface area (Å²) in [5.41, 5.74) is 1.92. The van der Waals surface area contributed by atoms with E-state index in [1.165, 1.54) is 6.08 Å². The van der Waals surface area contributed by atoms with Gasteiger partial charge >= 0.3 is 0 Å². The van der Waals surface area contributed by atoms with E-state index in [0.717, 1.165) is 11.1 Å². The Morgan fingerprint density at radius 2 is 2.27 bits per heavy atom. The molecule has 2 N–H and O–H groups in total. The van der Waals surface area contributed by atoms with Crippen molar-refractivity contribution in [2.75, 3.05) is 0 Å². The maximum absolute atomic E-state index is 9.07. The molecule has 0 spiro atoms. The zero-order valence-electron chi connectivity index (χ0n) is 6.54. The monoisotopic (exact) mass is 152 g/mol. The zero-order valence-corrected chi connectivity index (χ0v) is 6.54. The van der Waals surface area contributed by atoms with Crippen molar-refractivity contribution in [2.45, 2.75) is 19.1 Å². The fourth-order valence-corrected chi connectivity index (χ4v) is 0.936. The highest BCUT2D eigenvalue weighted by Gasteiger charge is 2.20. The Labute approximate surface area is 66.2 Å². The molecule has 0 bridgehead atoms. The molecule has 0 radical (unpaired) electrons. The lowest BCUT2D eigenvalue weighted by Gasteiger charge is -2.19. The summed E-state index contributed by atoms with van der Waals surface area (Å²) in [6.07, 6.45) is 5.05. The van der Waals surface area contributed by atoms with E-state index >= 15 is 0 Å². The van der Waals surface area contributed by atoms with Crippen LogP contribution in [0.25, 0.3) is 0 Å². The number of hydrogen-bond acceptors (Lipinski definition) is 2. The van der Waals surface area contributed by atoms with Gasteiger partial charge in [-0.3, -0.25) is 0 Å². The molecule has 1 aliphatic carbocycles. The van der Waals surface area contributed by atoms with Crippen LogP contribution < -0.4 is 0 Å². The van der Waals surface area contributed by atoms with Crippen molar-refractivity contribution in [3.05, 3.63) is 36.0 Å². The third-order valence-corrected chi connectivity index (χ3v) is 1.65. The van der Waals surface area contributed by atoms with Crippen molar-refractivity contribution in [3.63, 3.8) is 0 Å². The zero-order chi connectivity index (χ0) is 8.48. The summed E-state index contributed by atoms with van der Waals surface area (Å²) in [5, 5.41) is 18.1. The van der Waals surface area contributed by atoms with Gasteiger partial charge in [-0.1, -0.05) is 24.3 Å². The van der Waals surface area contributed by atoms with Crippen LogP contribution in [-0.2, 0) is 0 Å². The van der Waals surface area contributed by atoms with Gasteiger partial charge in [0.15, 0.2) is 5.79 Å². The number of hydrogen-bond donors (Lipinski definition) is 2. The van der Waals surface area contributed by atoms with E-state index < -0.39 is 5.79 Å². The molecule has 0 unspecified atom stereocenters. The molecule has 0 amide bonds. The quantitative estimate of drug-likeness (QED) is 0.553. The van der Waals surface area contributed by atoms with Crippen molar-refractivity contribution in [2.24, 2.45) is 0 Å². The predicted octanol–water partition coefficient (Wildman–Crippen LogP) is 1.13. The maximum Gasteiger partial charge on any atom is 0.186 e. The average Bonchev–Trinajstić information content (AvgIpc) is 1.86. The largest absolute Gasteiger partial charge is 0.362 e. The molecule has 0 aromatic rings. The van der Waals surface area contributed by atoms with E-state index in [9.17, 15) is 0 Å². The highest BCUT2D eigenvalue weighted by Crippen LogP contribution is 2.21. The highest BCUT2D eigenvalue weighted by molar-refractivity contribution is 5.39. The standard InChI is InChI=1S/C9H12O2/c1-7(2)8-3-5-9(10,11)6-4-8/h3-5,10-11H,1,6H2,2H3. The summed E-state index contributed by atoms with van der Waals surface area (Å²) >= 11 is 0. The molecular formula is C9H12O2. The Bertz CT molecular complexity index is 234. The van der Waals surface area contributed by atoms with E-state index in [4.69, 9.17) is 10.2 Å². The van der Waals surface area contributed by atoms with Gasteiger partial charge in [-0.2, -0.15) is 0 Å². The van der Waals surface area contributed by atoms with Crippen molar-refractivity contribution in [1.82, 2.24) is 0 Å². The minimum absolute atomic E-state index is 0.242. The van der Waals surface area contributed by atoms with Crippen LogP contribution in [0, 0.1) is 0 Å². The van der Waals surface area contributed by atoms with Gasteiger partial charge in [0, 0.05) is 6.42 Å². The number of rotatable bonds is 1. The molecule has 60 valence electrons. The first kappa shape index (κ1) is 8.24. The fraction of sp³-hybridized carbons (Fsp3) is 0.333. The molecule has 0 saturated heterocycles. The SMILES string of the molecule is C=C(C)C1=CCC(O)(O)C=C1. The third kappa shape index (κ3) is 2.03.